The zero-order valence-electron chi connectivity index (χ0n) is 10.8. The standard InChI is InChI=1S/C16H13N3O/c17-19-18-15-11-9-14(10-12-15)16(20)8-4-7-13-5-2-1-3-6-13/h1-6,8-12H,7H2. The Morgan fingerprint density at radius 1 is 1.10 bits per heavy atom. The molecule has 0 aliphatic carbocycles. The number of azide groups is 1. The zero-order chi connectivity index (χ0) is 14.2. The Kier molecular flexibility index (Phi) is 4.70. The Morgan fingerprint density at radius 2 is 1.80 bits per heavy atom. The van der Waals surface area contributed by atoms with E-state index in [1.165, 1.54) is 0 Å². The summed E-state index contributed by atoms with van der Waals surface area (Å²) >= 11 is 0. The van der Waals surface area contributed by atoms with E-state index >= 15 is 0 Å². The minimum atomic E-state index is -0.0616. The van der Waals surface area contributed by atoms with Crippen molar-refractivity contribution >= 4 is 11.5 Å². The average molecular weight is 263 g/mol. The van der Waals surface area contributed by atoms with E-state index in [4.69, 9.17) is 5.53 Å². The number of nitrogens with zero attached hydrogens (tertiary/aromatic N) is 3. The molecule has 0 aromatic heterocycles. The highest BCUT2D eigenvalue weighted by Crippen LogP contribution is 2.13. The van der Waals surface area contributed by atoms with Gasteiger partial charge in [0.2, 0.25) is 0 Å². The van der Waals surface area contributed by atoms with E-state index in [2.05, 4.69) is 10.0 Å². The van der Waals surface area contributed by atoms with Crippen LogP contribution in [0.3, 0.4) is 0 Å². The molecule has 0 spiro atoms. The van der Waals surface area contributed by atoms with Gasteiger partial charge >= 0.3 is 0 Å². The molecular weight excluding hydrogens is 250 g/mol. The lowest BCUT2D eigenvalue weighted by atomic mass is 10.1. The molecule has 2 rings (SSSR count). The molecule has 0 amide bonds. The predicted octanol–water partition coefficient (Wildman–Crippen LogP) is 4.61. The van der Waals surface area contributed by atoms with Gasteiger partial charge in [0, 0.05) is 16.2 Å². The Hall–Kier alpha value is -2.84. The number of allylic oxidation sites excluding steroid dienone is 2. The van der Waals surface area contributed by atoms with Crippen molar-refractivity contribution in [2.45, 2.75) is 6.42 Å². The summed E-state index contributed by atoms with van der Waals surface area (Å²) in [5, 5.41) is 3.46. The largest absolute Gasteiger partial charge is 0.289 e. The van der Waals surface area contributed by atoms with Gasteiger partial charge in [-0.25, -0.2) is 0 Å². The molecule has 0 bridgehead atoms. The van der Waals surface area contributed by atoms with Crippen LogP contribution in [-0.2, 0) is 6.42 Å². The second-order valence-electron chi connectivity index (χ2n) is 4.19. The van der Waals surface area contributed by atoms with E-state index in [-0.39, 0.29) is 5.78 Å². The summed E-state index contributed by atoms with van der Waals surface area (Å²) in [4.78, 5) is 14.6. The highest BCUT2D eigenvalue weighted by molar-refractivity contribution is 6.04. The van der Waals surface area contributed by atoms with Gasteiger partial charge < -0.3 is 0 Å². The zero-order valence-corrected chi connectivity index (χ0v) is 10.8. The first kappa shape index (κ1) is 13.6. The van der Waals surface area contributed by atoms with Crippen LogP contribution in [0.2, 0.25) is 0 Å². The quantitative estimate of drug-likeness (QED) is 0.255. The Balaban J connectivity index is 1.99. The van der Waals surface area contributed by atoms with Gasteiger partial charge in [0.05, 0.1) is 0 Å². The van der Waals surface area contributed by atoms with Gasteiger partial charge in [-0.2, -0.15) is 0 Å². The lowest BCUT2D eigenvalue weighted by Gasteiger charge is -1.97. The fourth-order valence-electron chi connectivity index (χ4n) is 1.76. The van der Waals surface area contributed by atoms with Crippen LogP contribution in [0.5, 0.6) is 0 Å². The van der Waals surface area contributed by atoms with Crippen molar-refractivity contribution in [1.29, 1.82) is 0 Å². The highest BCUT2D eigenvalue weighted by atomic mass is 16.1. The number of ketones is 1. The fourth-order valence-corrected chi connectivity index (χ4v) is 1.76. The molecule has 0 heterocycles. The molecule has 98 valence electrons. The minimum Gasteiger partial charge on any atom is -0.289 e. The molecule has 2 aromatic rings. The number of carbonyl (C=O) groups is 1. The number of hydrogen-bond acceptors (Lipinski definition) is 2. The number of benzene rings is 2. The Labute approximate surface area is 117 Å². The third-order valence-corrected chi connectivity index (χ3v) is 2.78. The Morgan fingerprint density at radius 3 is 2.45 bits per heavy atom. The van der Waals surface area contributed by atoms with Crippen molar-refractivity contribution in [1.82, 2.24) is 0 Å². The second-order valence-corrected chi connectivity index (χ2v) is 4.19. The van der Waals surface area contributed by atoms with Crippen molar-refractivity contribution < 1.29 is 4.79 Å². The van der Waals surface area contributed by atoms with E-state index in [0.29, 0.717) is 11.3 Å². The molecule has 0 saturated carbocycles. The van der Waals surface area contributed by atoms with Gasteiger partial charge in [-0.15, -0.1) is 0 Å². The number of carbonyl (C=O) groups excluding carboxylic acids is 1. The lowest BCUT2D eigenvalue weighted by Crippen LogP contribution is -1.93. The van der Waals surface area contributed by atoms with Crippen LogP contribution in [0.25, 0.3) is 10.4 Å². The van der Waals surface area contributed by atoms with Crippen molar-refractivity contribution in [3.8, 4) is 0 Å². The van der Waals surface area contributed by atoms with Gasteiger partial charge in [0.25, 0.3) is 0 Å². The summed E-state index contributed by atoms with van der Waals surface area (Å²) in [7, 11) is 0. The van der Waals surface area contributed by atoms with Crippen molar-refractivity contribution in [2.75, 3.05) is 0 Å². The topological polar surface area (TPSA) is 65.8 Å². The maximum absolute atomic E-state index is 11.9. The molecule has 2 aromatic carbocycles. The monoisotopic (exact) mass is 263 g/mol. The molecule has 4 heteroatoms. The molecule has 0 aliphatic rings. The molecule has 4 nitrogen and oxygen atoms in total. The van der Waals surface area contributed by atoms with Crippen LogP contribution < -0.4 is 0 Å². The molecular formula is C16H13N3O. The molecule has 0 N–H and O–H groups in total. The second kappa shape index (κ2) is 6.92. The Bertz CT molecular complexity index is 654. The molecule has 0 unspecified atom stereocenters. The average Bonchev–Trinajstić information content (AvgIpc) is 2.49. The molecule has 0 aliphatic heterocycles. The first-order valence-corrected chi connectivity index (χ1v) is 6.19. The third kappa shape index (κ3) is 3.83. The maximum atomic E-state index is 11.9. The van der Waals surface area contributed by atoms with Crippen LogP contribution in [0, 0.1) is 0 Å². The molecule has 0 fully saturated rings. The maximum Gasteiger partial charge on any atom is 0.185 e. The molecule has 0 atom stereocenters. The first-order valence-electron chi connectivity index (χ1n) is 6.19. The van der Waals surface area contributed by atoms with E-state index in [9.17, 15) is 4.79 Å². The number of rotatable bonds is 5. The van der Waals surface area contributed by atoms with E-state index < -0.39 is 0 Å². The van der Waals surface area contributed by atoms with Crippen molar-refractivity contribution in [3.05, 3.63) is 88.3 Å². The molecule has 0 saturated heterocycles. The van der Waals surface area contributed by atoms with Gasteiger partial charge in [-0.1, -0.05) is 65.8 Å². The molecule has 0 radical (unpaired) electrons. The van der Waals surface area contributed by atoms with Gasteiger partial charge in [0.15, 0.2) is 5.78 Å². The van der Waals surface area contributed by atoms with Crippen molar-refractivity contribution in [2.24, 2.45) is 5.11 Å². The van der Waals surface area contributed by atoms with Crippen LogP contribution in [-0.4, -0.2) is 5.78 Å². The van der Waals surface area contributed by atoms with E-state index in [1.54, 1.807) is 30.3 Å². The van der Waals surface area contributed by atoms with E-state index in [1.807, 2.05) is 36.4 Å². The number of hydrogen-bond donors (Lipinski definition) is 0. The summed E-state index contributed by atoms with van der Waals surface area (Å²) < 4.78 is 0. The summed E-state index contributed by atoms with van der Waals surface area (Å²) in [6.07, 6.45) is 4.14. The van der Waals surface area contributed by atoms with Crippen LogP contribution >= 0.6 is 0 Å². The highest BCUT2D eigenvalue weighted by Gasteiger charge is 2.00. The minimum absolute atomic E-state index is 0.0616. The van der Waals surface area contributed by atoms with Crippen LogP contribution in [0.15, 0.2) is 71.9 Å². The van der Waals surface area contributed by atoms with Crippen LogP contribution in [0.4, 0.5) is 5.69 Å². The van der Waals surface area contributed by atoms with E-state index in [0.717, 1.165) is 12.0 Å². The third-order valence-electron chi connectivity index (χ3n) is 2.78. The SMILES string of the molecule is [N-]=[N+]=Nc1ccc(C(=O)C=CCc2ccccc2)cc1. The normalized spacial score (nSPS) is 10.2. The summed E-state index contributed by atoms with van der Waals surface area (Å²) in [6, 6.07) is 16.5. The summed E-state index contributed by atoms with van der Waals surface area (Å²) in [6.45, 7) is 0. The lowest BCUT2D eigenvalue weighted by molar-refractivity contribution is 0.104. The van der Waals surface area contributed by atoms with Crippen molar-refractivity contribution in [3.63, 3.8) is 0 Å². The van der Waals surface area contributed by atoms with Gasteiger partial charge in [-0.05, 0) is 23.6 Å². The van der Waals surface area contributed by atoms with Gasteiger partial charge in [0.1, 0.15) is 0 Å². The predicted molar refractivity (Wildman–Crippen MR) is 78.9 cm³/mol. The van der Waals surface area contributed by atoms with Gasteiger partial charge in [-0.3, -0.25) is 4.79 Å². The summed E-state index contributed by atoms with van der Waals surface area (Å²) in [5.41, 5.74) is 10.5. The molecule has 20 heavy (non-hydrogen) atoms. The van der Waals surface area contributed by atoms with Crippen LogP contribution in [0.1, 0.15) is 15.9 Å². The smallest absolute Gasteiger partial charge is 0.185 e. The summed E-state index contributed by atoms with van der Waals surface area (Å²) in [5.74, 6) is -0.0616. The first-order chi connectivity index (χ1) is 9.79. The fraction of sp³-hybridized carbons (Fsp3) is 0.0625.